The van der Waals surface area contributed by atoms with Crippen molar-refractivity contribution < 1.29 is 0 Å². The van der Waals surface area contributed by atoms with Crippen molar-refractivity contribution >= 4 is 28.2 Å². The minimum absolute atomic E-state index is 0.0686. The minimum Gasteiger partial charge on any atom is -0.268 e. The van der Waals surface area contributed by atoms with Crippen LogP contribution in [0.25, 0.3) is 22.2 Å². The third-order valence-electron chi connectivity index (χ3n) is 3.50. The van der Waals surface area contributed by atoms with Crippen LogP contribution in [0, 0.1) is 0 Å². The second-order valence-corrected chi connectivity index (χ2v) is 5.17. The zero-order valence-corrected chi connectivity index (χ0v) is 11.7. The molecule has 0 N–H and O–H groups in total. The molecule has 0 spiro atoms. The van der Waals surface area contributed by atoms with E-state index in [4.69, 9.17) is 11.6 Å². The maximum Gasteiger partial charge on any atom is 0.266 e. The van der Waals surface area contributed by atoms with E-state index in [1.807, 2.05) is 42.5 Å². The Hall–Kier alpha value is -2.59. The summed E-state index contributed by atoms with van der Waals surface area (Å²) in [6.07, 6.45) is 1.69. The molecule has 0 unspecified atom stereocenters. The van der Waals surface area contributed by atoms with Crippen LogP contribution in [0.2, 0.25) is 5.02 Å². The van der Waals surface area contributed by atoms with Crippen molar-refractivity contribution in [2.45, 2.75) is 0 Å². The standard InChI is InChI=1S/C16H10ClN3O/c17-11-5-7-12(8-6-11)19-15-9-10-18-20(15)14-4-2-1-3-13(14)16(19)21/h1-10H. The topological polar surface area (TPSA) is 39.3 Å². The van der Waals surface area contributed by atoms with Crippen LogP contribution in [0.5, 0.6) is 0 Å². The summed E-state index contributed by atoms with van der Waals surface area (Å²) in [7, 11) is 0. The number of fused-ring (bicyclic) bond motifs is 3. The van der Waals surface area contributed by atoms with Gasteiger partial charge in [0, 0.05) is 11.1 Å². The average Bonchev–Trinajstić information content (AvgIpc) is 2.99. The first-order valence-corrected chi connectivity index (χ1v) is 6.87. The SMILES string of the molecule is O=c1c2ccccc2n2nccc2n1-c1ccc(Cl)cc1. The molecule has 0 saturated heterocycles. The maximum atomic E-state index is 12.8. The summed E-state index contributed by atoms with van der Waals surface area (Å²) in [6.45, 7) is 0. The lowest BCUT2D eigenvalue weighted by Crippen LogP contribution is -2.21. The van der Waals surface area contributed by atoms with Gasteiger partial charge in [0.2, 0.25) is 0 Å². The monoisotopic (exact) mass is 295 g/mol. The van der Waals surface area contributed by atoms with Gasteiger partial charge in [-0.25, -0.2) is 4.52 Å². The van der Waals surface area contributed by atoms with Crippen molar-refractivity contribution in [1.29, 1.82) is 0 Å². The van der Waals surface area contributed by atoms with Gasteiger partial charge in [0.25, 0.3) is 5.56 Å². The van der Waals surface area contributed by atoms with Crippen molar-refractivity contribution in [1.82, 2.24) is 14.2 Å². The molecule has 0 radical (unpaired) electrons. The molecule has 2 heterocycles. The summed E-state index contributed by atoms with van der Waals surface area (Å²) in [5.41, 5.74) is 2.22. The fourth-order valence-electron chi connectivity index (χ4n) is 2.55. The van der Waals surface area contributed by atoms with Crippen LogP contribution < -0.4 is 5.56 Å². The number of halogens is 1. The molecule has 21 heavy (non-hydrogen) atoms. The molecular weight excluding hydrogens is 286 g/mol. The van der Waals surface area contributed by atoms with E-state index in [2.05, 4.69) is 5.10 Å². The van der Waals surface area contributed by atoms with Gasteiger partial charge < -0.3 is 0 Å². The van der Waals surface area contributed by atoms with Crippen LogP contribution in [0.1, 0.15) is 0 Å². The summed E-state index contributed by atoms with van der Waals surface area (Å²) in [5, 5.41) is 5.59. The van der Waals surface area contributed by atoms with Gasteiger partial charge in [0.15, 0.2) is 0 Å². The molecular formula is C16H10ClN3O. The molecule has 0 amide bonds. The van der Waals surface area contributed by atoms with Gasteiger partial charge >= 0.3 is 0 Å². The van der Waals surface area contributed by atoms with E-state index in [1.54, 1.807) is 27.4 Å². The first-order valence-electron chi connectivity index (χ1n) is 6.49. The fraction of sp³-hybridized carbons (Fsp3) is 0. The smallest absolute Gasteiger partial charge is 0.266 e. The Morgan fingerprint density at radius 1 is 0.952 bits per heavy atom. The van der Waals surface area contributed by atoms with E-state index in [0.717, 1.165) is 16.9 Å². The number of para-hydroxylation sites is 1. The quantitative estimate of drug-likeness (QED) is 0.540. The lowest BCUT2D eigenvalue weighted by Gasteiger charge is -2.11. The van der Waals surface area contributed by atoms with Crippen LogP contribution >= 0.6 is 11.6 Å². The number of rotatable bonds is 1. The second-order valence-electron chi connectivity index (χ2n) is 4.74. The zero-order chi connectivity index (χ0) is 14.4. The van der Waals surface area contributed by atoms with Gasteiger partial charge in [-0.05, 0) is 36.4 Å². The van der Waals surface area contributed by atoms with Crippen molar-refractivity contribution in [2.75, 3.05) is 0 Å². The Labute approximate surface area is 124 Å². The molecule has 0 bridgehead atoms. The largest absolute Gasteiger partial charge is 0.268 e. The Kier molecular flexibility index (Phi) is 2.59. The van der Waals surface area contributed by atoms with Crippen molar-refractivity contribution in [2.24, 2.45) is 0 Å². The Morgan fingerprint density at radius 3 is 2.52 bits per heavy atom. The van der Waals surface area contributed by atoms with E-state index in [9.17, 15) is 4.79 Å². The summed E-state index contributed by atoms with van der Waals surface area (Å²) >= 11 is 5.93. The number of hydrogen-bond donors (Lipinski definition) is 0. The highest BCUT2D eigenvalue weighted by Gasteiger charge is 2.12. The second kappa shape index (κ2) is 4.46. The number of benzene rings is 2. The van der Waals surface area contributed by atoms with Gasteiger partial charge in [0.05, 0.1) is 22.8 Å². The molecule has 0 aliphatic carbocycles. The third kappa shape index (κ3) is 1.76. The molecule has 4 nitrogen and oxygen atoms in total. The molecule has 0 atom stereocenters. The first-order chi connectivity index (χ1) is 10.3. The van der Waals surface area contributed by atoms with Crippen LogP contribution in [-0.4, -0.2) is 14.2 Å². The highest BCUT2D eigenvalue weighted by atomic mass is 35.5. The normalized spacial score (nSPS) is 11.3. The molecule has 4 aromatic rings. The van der Waals surface area contributed by atoms with Crippen LogP contribution in [-0.2, 0) is 0 Å². The predicted octanol–water partition coefficient (Wildman–Crippen LogP) is 3.29. The van der Waals surface area contributed by atoms with E-state index in [1.165, 1.54) is 0 Å². The van der Waals surface area contributed by atoms with Crippen LogP contribution in [0.3, 0.4) is 0 Å². The predicted molar refractivity (Wildman–Crippen MR) is 83.3 cm³/mol. The van der Waals surface area contributed by atoms with Gasteiger partial charge in [-0.2, -0.15) is 5.10 Å². The lowest BCUT2D eigenvalue weighted by atomic mass is 10.2. The molecule has 2 aromatic carbocycles. The van der Waals surface area contributed by atoms with Gasteiger partial charge in [-0.3, -0.25) is 9.36 Å². The maximum absolute atomic E-state index is 12.8. The molecule has 0 fully saturated rings. The summed E-state index contributed by atoms with van der Waals surface area (Å²) < 4.78 is 3.41. The van der Waals surface area contributed by atoms with E-state index in [0.29, 0.717) is 10.4 Å². The van der Waals surface area contributed by atoms with Gasteiger partial charge in [0.1, 0.15) is 5.65 Å². The van der Waals surface area contributed by atoms with Crippen molar-refractivity contribution in [3.05, 3.63) is 76.2 Å². The van der Waals surface area contributed by atoms with Gasteiger partial charge in [-0.15, -0.1) is 0 Å². The molecule has 0 aliphatic rings. The Morgan fingerprint density at radius 2 is 1.71 bits per heavy atom. The van der Waals surface area contributed by atoms with Crippen molar-refractivity contribution in [3.63, 3.8) is 0 Å². The summed E-state index contributed by atoms with van der Waals surface area (Å²) in [5.74, 6) is 0. The highest BCUT2D eigenvalue weighted by molar-refractivity contribution is 6.30. The Balaban J connectivity index is 2.21. The third-order valence-corrected chi connectivity index (χ3v) is 3.75. The van der Waals surface area contributed by atoms with Crippen LogP contribution in [0.15, 0.2) is 65.6 Å². The fourth-order valence-corrected chi connectivity index (χ4v) is 2.68. The van der Waals surface area contributed by atoms with Crippen LogP contribution in [0.4, 0.5) is 0 Å². The average molecular weight is 296 g/mol. The van der Waals surface area contributed by atoms with E-state index >= 15 is 0 Å². The molecule has 5 heteroatoms. The molecule has 4 rings (SSSR count). The van der Waals surface area contributed by atoms with Gasteiger partial charge in [-0.1, -0.05) is 23.7 Å². The Bertz CT molecular complexity index is 1020. The molecule has 2 aromatic heterocycles. The highest BCUT2D eigenvalue weighted by Crippen LogP contribution is 2.18. The van der Waals surface area contributed by atoms with E-state index in [-0.39, 0.29) is 5.56 Å². The zero-order valence-electron chi connectivity index (χ0n) is 10.9. The minimum atomic E-state index is -0.0686. The molecule has 0 aliphatic heterocycles. The summed E-state index contributed by atoms with van der Waals surface area (Å²) in [4.78, 5) is 12.8. The first kappa shape index (κ1) is 12.2. The lowest BCUT2D eigenvalue weighted by molar-refractivity contribution is 0.923. The molecule has 0 saturated carbocycles. The summed E-state index contributed by atoms with van der Waals surface area (Å²) in [6, 6.07) is 16.5. The number of aromatic nitrogens is 3. The number of nitrogens with zero attached hydrogens (tertiary/aromatic N) is 3. The molecule has 102 valence electrons. The van der Waals surface area contributed by atoms with Crippen molar-refractivity contribution in [3.8, 4) is 5.69 Å². The van der Waals surface area contributed by atoms with E-state index < -0.39 is 0 Å². The number of hydrogen-bond acceptors (Lipinski definition) is 2.